The van der Waals surface area contributed by atoms with E-state index in [4.69, 9.17) is 0 Å². The van der Waals surface area contributed by atoms with E-state index in [0.29, 0.717) is 5.92 Å². The van der Waals surface area contributed by atoms with E-state index in [9.17, 15) is 9.18 Å². The van der Waals surface area contributed by atoms with Gasteiger partial charge in [0, 0.05) is 17.1 Å². The standard InChI is InChI=1S/C19H24FN3OS/c1-12-11-21-18(25-12)13(2)22-19(24)23-17-9-5-15(6-10-17)14-3-7-16(20)8-4-14/h3-4,7-8,11,13,15,17H,5-6,9-10H2,1-2H3,(H2,22,23,24)/t13-,15?,17?/m0/s1. The van der Waals surface area contributed by atoms with Gasteiger partial charge in [-0.1, -0.05) is 12.1 Å². The van der Waals surface area contributed by atoms with Gasteiger partial charge in [0.1, 0.15) is 10.8 Å². The number of aromatic nitrogens is 1. The number of carbonyl (C=O) groups excluding carboxylic acids is 1. The fourth-order valence-electron chi connectivity index (χ4n) is 3.36. The Bertz CT molecular complexity index is 708. The zero-order chi connectivity index (χ0) is 17.8. The number of nitrogens with zero attached hydrogens (tertiary/aromatic N) is 1. The van der Waals surface area contributed by atoms with Crippen molar-refractivity contribution in [2.24, 2.45) is 0 Å². The summed E-state index contributed by atoms with van der Waals surface area (Å²) >= 11 is 1.60. The first-order valence-corrected chi connectivity index (χ1v) is 9.57. The van der Waals surface area contributed by atoms with Crippen molar-refractivity contribution in [1.82, 2.24) is 15.6 Å². The molecule has 1 atom stereocenters. The summed E-state index contributed by atoms with van der Waals surface area (Å²) in [5.41, 5.74) is 1.19. The summed E-state index contributed by atoms with van der Waals surface area (Å²) in [6.07, 6.45) is 5.74. The van der Waals surface area contributed by atoms with E-state index in [0.717, 1.165) is 35.6 Å². The number of benzene rings is 1. The molecule has 0 bridgehead atoms. The molecular formula is C19H24FN3OS. The van der Waals surface area contributed by atoms with E-state index in [-0.39, 0.29) is 23.9 Å². The number of urea groups is 1. The van der Waals surface area contributed by atoms with Gasteiger partial charge in [-0.3, -0.25) is 0 Å². The molecule has 1 aliphatic carbocycles. The monoisotopic (exact) mass is 361 g/mol. The highest BCUT2D eigenvalue weighted by molar-refractivity contribution is 7.11. The van der Waals surface area contributed by atoms with Crippen molar-refractivity contribution in [3.8, 4) is 0 Å². The Kier molecular flexibility index (Phi) is 5.68. The zero-order valence-electron chi connectivity index (χ0n) is 14.6. The van der Waals surface area contributed by atoms with Crippen molar-refractivity contribution in [2.75, 3.05) is 0 Å². The van der Waals surface area contributed by atoms with Crippen LogP contribution in [0, 0.1) is 12.7 Å². The zero-order valence-corrected chi connectivity index (χ0v) is 15.4. The highest BCUT2D eigenvalue weighted by Crippen LogP contribution is 2.33. The minimum absolute atomic E-state index is 0.0887. The van der Waals surface area contributed by atoms with Crippen molar-refractivity contribution in [3.63, 3.8) is 0 Å². The van der Waals surface area contributed by atoms with Crippen molar-refractivity contribution < 1.29 is 9.18 Å². The number of rotatable bonds is 4. The Hall–Kier alpha value is -1.95. The molecule has 2 N–H and O–H groups in total. The second kappa shape index (κ2) is 7.95. The third-order valence-corrected chi connectivity index (χ3v) is 5.86. The smallest absolute Gasteiger partial charge is 0.315 e. The Morgan fingerprint density at radius 2 is 1.92 bits per heavy atom. The molecule has 2 amide bonds. The molecule has 0 radical (unpaired) electrons. The number of thiazole rings is 1. The third kappa shape index (κ3) is 4.78. The topological polar surface area (TPSA) is 54.0 Å². The lowest BCUT2D eigenvalue weighted by Gasteiger charge is -2.29. The molecule has 0 spiro atoms. The van der Waals surface area contributed by atoms with Crippen molar-refractivity contribution in [1.29, 1.82) is 0 Å². The van der Waals surface area contributed by atoms with Gasteiger partial charge < -0.3 is 10.6 Å². The average molecular weight is 361 g/mol. The van der Waals surface area contributed by atoms with Gasteiger partial charge in [-0.2, -0.15) is 0 Å². The average Bonchev–Trinajstić information content (AvgIpc) is 3.03. The van der Waals surface area contributed by atoms with Crippen molar-refractivity contribution in [3.05, 3.63) is 51.7 Å². The van der Waals surface area contributed by atoms with Gasteiger partial charge in [0.05, 0.1) is 6.04 Å². The molecule has 4 nitrogen and oxygen atoms in total. The molecule has 1 saturated carbocycles. The fourth-order valence-corrected chi connectivity index (χ4v) is 4.14. The fraction of sp³-hybridized carbons (Fsp3) is 0.474. The van der Waals surface area contributed by atoms with E-state index < -0.39 is 0 Å². The summed E-state index contributed by atoms with van der Waals surface area (Å²) in [6.45, 7) is 3.96. The van der Waals surface area contributed by atoms with Gasteiger partial charge in [0.2, 0.25) is 0 Å². The summed E-state index contributed by atoms with van der Waals surface area (Å²) < 4.78 is 13.0. The SMILES string of the molecule is Cc1cnc([C@H](C)NC(=O)NC2CCC(c3ccc(F)cc3)CC2)s1. The minimum Gasteiger partial charge on any atom is -0.335 e. The van der Waals surface area contributed by atoms with Gasteiger partial charge in [-0.25, -0.2) is 14.2 Å². The van der Waals surface area contributed by atoms with Crippen LogP contribution >= 0.6 is 11.3 Å². The predicted octanol–water partition coefficient (Wildman–Crippen LogP) is 4.68. The molecule has 134 valence electrons. The molecule has 1 fully saturated rings. The number of amides is 2. The second-order valence-electron chi connectivity index (χ2n) is 6.75. The first-order chi connectivity index (χ1) is 12.0. The van der Waals surface area contributed by atoms with Gasteiger partial charge in [-0.15, -0.1) is 11.3 Å². The van der Waals surface area contributed by atoms with Crippen LogP contribution in [0.3, 0.4) is 0 Å². The number of halogens is 1. The van der Waals surface area contributed by atoms with E-state index >= 15 is 0 Å². The molecule has 1 aromatic heterocycles. The van der Waals surface area contributed by atoms with Gasteiger partial charge in [0.25, 0.3) is 0 Å². The van der Waals surface area contributed by atoms with Gasteiger partial charge in [-0.05, 0) is 63.1 Å². The molecule has 1 aromatic carbocycles. The molecule has 0 saturated heterocycles. The van der Waals surface area contributed by atoms with E-state index in [1.165, 1.54) is 17.7 Å². The van der Waals surface area contributed by atoms with Crippen LogP contribution in [0.25, 0.3) is 0 Å². The van der Waals surface area contributed by atoms with Crippen LogP contribution in [0.1, 0.15) is 60.0 Å². The predicted molar refractivity (Wildman–Crippen MR) is 98.3 cm³/mol. The van der Waals surface area contributed by atoms with Crippen LogP contribution in [-0.4, -0.2) is 17.1 Å². The van der Waals surface area contributed by atoms with Crippen molar-refractivity contribution >= 4 is 17.4 Å². The first kappa shape index (κ1) is 17.9. The maximum absolute atomic E-state index is 13.0. The Labute approximate surface area is 151 Å². The quantitative estimate of drug-likeness (QED) is 0.831. The molecule has 6 heteroatoms. The lowest BCUT2D eigenvalue weighted by molar-refractivity contribution is 0.228. The van der Waals surface area contributed by atoms with E-state index in [2.05, 4.69) is 15.6 Å². The Morgan fingerprint density at radius 3 is 2.52 bits per heavy atom. The largest absolute Gasteiger partial charge is 0.335 e. The number of carbonyl (C=O) groups is 1. The maximum atomic E-state index is 13.0. The van der Waals surface area contributed by atoms with E-state index in [1.54, 1.807) is 11.3 Å². The number of aryl methyl sites for hydroxylation is 1. The number of hydrogen-bond acceptors (Lipinski definition) is 3. The summed E-state index contributed by atoms with van der Waals surface area (Å²) in [5.74, 6) is 0.263. The number of nitrogens with one attached hydrogen (secondary N) is 2. The lowest BCUT2D eigenvalue weighted by atomic mass is 9.82. The summed E-state index contributed by atoms with van der Waals surface area (Å²) in [7, 11) is 0. The maximum Gasteiger partial charge on any atom is 0.315 e. The highest BCUT2D eigenvalue weighted by Gasteiger charge is 2.24. The third-order valence-electron chi connectivity index (χ3n) is 4.76. The lowest BCUT2D eigenvalue weighted by Crippen LogP contribution is -2.44. The van der Waals surface area contributed by atoms with Gasteiger partial charge in [0.15, 0.2) is 0 Å². The Balaban J connectivity index is 1.45. The molecule has 1 heterocycles. The molecule has 0 unspecified atom stereocenters. The molecule has 3 rings (SSSR count). The van der Waals surface area contributed by atoms with E-state index in [1.807, 2.05) is 32.2 Å². The molecule has 2 aromatic rings. The van der Waals surface area contributed by atoms with Crippen LogP contribution in [-0.2, 0) is 0 Å². The Morgan fingerprint density at radius 1 is 1.24 bits per heavy atom. The molecule has 25 heavy (non-hydrogen) atoms. The van der Waals surface area contributed by atoms with Gasteiger partial charge >= 0.3 is 6.03 Å². The molecular weight excluding hydrogens is 337 g/mol. The molecule has 0 aliphatic heterocycles. The van der Waals surface area contributed by atoms with Crippen LogP contribution in [0.15, 0.2) is 30.5 Å². The van der Waals surface area contributed by atoms with Crippen molar-refractivity contribution in [2.45, 2.75) is 57.5 Å². The second-order valence-corrected chi connectivity index (χ2v) is 8.02. The summed E-state index contributed by atoms with van der Waals surface area (Å²) in [6, 6.07) is 6.77. The normalized spacial score (nSPS) is 21.6. The van der Waals surface area contributed by atoms with Crippen LogP contribution in [0.5, 0.6) is 0 Å². The van der Waals surface area contributed by atoms with Crippen LogP contribution < -0.4 is 10.6 Å². The van der Waals surface area contributed by atoms with Crippen LogP contribution in [0.2, 0.25) is 0 Å². The highest BCUT2D eigenvalue weighted by atomic mass is 32.1. The van der Waals surface area contributed by atoms with Crippen LogP contribution in [0.4, 0.5) is 9.18 Å². The minimum atomic E-state index is -0.194. The summed E-state index contributed by atoms with van der Waals surface area (Å²) in [5, 5.41) is 6.96. The molecule has 1 aliphatic rings. The number of hydrogen-bond donors (Lipinski definition) is 2. The summed E-state index contributed by atoms with van der Waals surface area (Å²) in [4.78, 5) is 17.7. The first-order valence-electron chi connectivity index (χ1n) is 8.76.